The van der Waals surface area contributed by atoms with Crippen LogP contribution in [-0.2, 0) is 10.2 Å². The first-order valence-corrected chi connectivity index (χ1v) is 9.85. The molecule has 1 N–H and O–H groups in total. The first-order valence-electron chi connectivity index (χ1n) is 9.47. The highest BCUT2D eigenvalue weighted by atomic mass is 35.5. The molecule has 2 fully saturated rings. The zero-order valence-electron chi connectivity index (χ0n) is 14.5. The summed E-state index contributed by atoms with van der Waals surface area (Å²) in [5.41, 5.74) is 0.827. The molecule has 1 saturated heterocycles. The summed E-state index contributed by atoms with van der Waals surface area (Å²) in [7, 11) is 0. The van der Waals surface area contributed by atoms with Crippen molar-refractivity contribution in [1.29, 1.82) is 0 Å². The van der Waals surface area contributed by atoms with Crippen LogP contribution in [-0.4, -0.2) is 37.0 Å². The van der Waals surface area contributed by atoms with Crippen LogP contribution in [0.5, 0.6) is 0 Å². The number of unbranched alkanes of at least 4 members (excludes halogenated alkanes) is 2. The minimum Gasteiger partial charge on any atom is -0.355 e. The molecule has 1 amide bonds. The van der Waals surface area contributed by atoms with E-state index in [1.165, 1.54) is 51.7 Å². The van der Waals surface area contributed by atoms with Crippen LogP contribution in [0.4, 0.5) is 0 Å². The van der Waals surface area contributed by atoms with Gasteiger partial charge in [0.05, 0.1) is 5.41 Å². The number of hydrogen-bond acceptors (Lipinski definition) is 2. The van der Waals surface area contributed by atoms with Gasteiger partial charge < -0.3 is 10.2 Å². The highest BCUT2D eigenvalue weighted by Crippen LogP contribution is 2.48. The molecule has 0 spiro atoms. The van der Waals surface area contributed by atoms with Gasteiger partial charge >= 0.3 is 0 Å². The van der Waals surface area contributed by atoms with Gasteiger partial charge in [0.15, 0.2) is 0 Å². The number of nitrogens with one attached hydrogen (secondary N) is 1. The fraction of sp³-hybridized carbons (Fsp3) is 0.650. The van der Waals surface area contributed by atoms with E-state index in [-0.39, 0.29) is 11.3 Å². The fourth-order valence-electron chi connectivity index (χ4n) is 3.73. The molecule has 132 valence electrons. The van der Waals surface area contributed by atoms with Crippen molar-refractivity contribution in [3.63, 3.8) is 0 Å². The molecule has 0 radical (unpaired) electrons. The lowest BCUT2D eigenvalue weighted by Crippen LogP contribution is -2.35. The summed E-state index contributed by atoms with van der Waals surface area (Å²) in [6, 6.07) is 7.75. The van der Waals surface area contributed by atoms with Crippen LogP contribution in [0.1, 0.15) is 56.9 Å². The van der Waals surface area contributed by atoms with Crippen LogP contribution in [0.25, 0.3) is 0 Å². The number of rotatable bonds is 8. The van der Waals surface area contributed by atoms with Crippen molar-refractivity contribution in [2.45, 2.75) is 56.8 Å². The molecular formula is C20H29ClN2O. The largest absolute Gasteiger partial charge is 0.355 e. The Balaban J connectivity index is 1.33. The minimum atomic E-state index is -0.279. The number of carbonyl (C=O) groups is 1. The highest BCUT2D eigenvalue weighted by molar-refractivity contribution is 6.30. The number of amides is 1. The van der Waals surface area contributed by atoms with Gasteiger partial charge in [-0.1, -0.05) is 36.6 Å². The predicted octanol–water partition coefficient (Wildman–Crippen LogP) is 4.14. The van der Waals surface area contributed by atoms with E-state index in [2.05, 4.69) is 10.2 Å². The standard InChI is InChI=1S/C20H29ClN2O/c21-18-9-7-17(8-10-18)20(11-12-20)19(24)22-13-3-1-4-14-23-15-5-2-6-16-23/h7-10H,1-6,11-16H2,(H,22,24). The van der Waals surface area contributed by atoms with Crippen molar-refractivity contribution in [1.82, 2.24) is 10.2 Å². The zero-order valence-corrected chi connectivity index (χ0v) is 15.3. The van der Waals surface area contributed by atoms with Gasteiger partial charge in [-0.2, -0.15) is 0 Å². The van der Waals surface area contributed by atoms with Gasteiger partial charge in [-0.15, -0.1) is 0 Å². The van der Waals surface area contributed by atoms with Gasteiger partial charge in [0.2, 0.25) is 5.91 Å². The fourth-order valence-corrected chi connectivity index (χ4v) is 3.86. The van der Waals surface area contributed by atoms with Crippen molar-refractivity contribution >= 4 is 17.5 Å². The second-order valence-electron chi connectivity index (χ2n) is 7.31. The molecule has 0 unspecified atom stereocenters. The van der Waals surface area contributed by atoms with E-state index in [0.29, 0.717) is 0 Å². The number of halogens is 1. The van der Waals surface area contributed by atoms with Gasteiger partial charge in [0, 0.05) is 11.6 Å². The molecule has 4 heteroatoms. The van der Waals surface area contributed by atoms with E-state index < -0.39 is 0 Å². The summed E-state index contributed by atoms with van der Waals surface area (Å²) in [5.74, 6) is 0.195. The van der Waals surface area contributed by atoms with Crippen LogP contribution in [0.15, 0.2) is 24.3 Å². The Morgan fingerprint density at radius 2 is 1.75 bits per heavy atom. The lowest BCUT2D eigenvalue weighted by molar-refractivity contribution is -0.123. The monoisotopic (exact) mass is 348 g/mol. The third-order valence-electron chi connectivity index (χ3n) is 5.47. The van der Waals surface area contributed by atoms with Gasteiger partial charge in [0.1, 0.15) is 0 Å². The van der Waals surface area contributed by atoms with Crippen LogP contribution in [0.2, 0.25) is 5.02 Å². The maximum absolute atomic E-state index is 12.5. The molecule has 1 aromatic carbocycles. The quantitative estimate of drug-likeness (QED) is 0.716. The third-order valence-corrected chi connectivity index (χ3v) is 5.72. The molecule has 3 rings (SSSR count). The van der Waals surface area contributed by atoms with Crippen molar-refractivity contribution in [3.8, 4) is 0 Å². The SMILES string of the molecule is O=C(NCCCCCN1CCCCC1)C1(c2ccc(Cl)cc2)CC1. The Hall–Kier alpha value is -1.06. The lowest BCUT2D eigenvalue weighted by atomic mass is 9.95. The van der Waals surface area contributed by atoms with Crippen molar-refractivity contribution < 1.29 is 4.79 Å². The molecule has 1 aliphatic heterocycles. The average molecular weight is 349 g/mol. The van der Waals surface area contributed by atoms with E-state index in [0.717, 1.165) is 36.4 Å². The van der Waals surface area contributed by atoms with Gasteiger partial charge in [-0.05, 0) is 75.9 Å². The van der Waals surface area contributed by atoms with Crippen molar-refractivity contribution in [2.24, 2.45) is 0 Å². The molecule has 1 heterocycles. The lowest BCUT2D eigenvalue weighted by Gasteiger charge is -2.26. The summed E-state index contributed by atoms with van der Waals surface area (Å²) in [6.07, 6.45) is 9.56. The van der Waals surface area contributed by atoms with Crippen LogP contribution in [0, 0.1) is 0 Å². The van der Waals surface area contributed by atoms with E-state index >= 15 is 0 Å². The molecule has 1 saturated carbocycles. The molecule has 2 aliphatic rings. The first kappa shape index (κ1) is 17.8. The zero-order chi connectivity index (χ0) is 16.8. The Kier molecular flexibility index (Phi) is 6.18. The Morgan fingerprint density at radius 1 is 1.04 bits per heavy atom. The minimum absolute atomic E-state index is 0.195. The molecule has 1 aliphatic carbocycles. The molecule has 24 heavy (non-hydrogen) atoms. The molecule has 0 bridgehead atoms. The maximum atomic E-state index is 12.5. The Morgan fingerprint density at radius 3 is 2.42 bits per heavy atom. The summed E-state index contributed by atoms with van der Waals surface area (Å²) in [6.45, 7) is 4.58. The van der Waals surface area contributed by atoms with E-state index in [1.54, 1.807) is 0 Å². The summed E-state index contributed by atoms with van der Waals surface area (Å²) >= 11 is 5.95. The third kappa shape index (κ3) is 4.52. The van der Waals surface area contributed by atoms with Crippen molar-refractivity contribution in [3.05, 3.63) is 34.9 Å². The van der Waals surface area contributed by atoms with E-state index in [1.807, 2.05) is 24.3 Å². The Bertz CT molecular complexity index is 533. The van der Waals surface area contributed by atoms with Gasteiger partial charge in [-0.3, -0.25) is 4.79 Å². The number of nitrogens with zero attached hydrogens (tertiary/aromatic N) is 1. The summed E-state index contributed by atoms with van der Waals surface area (Å²) < 4.78 is 0. The molecular weight excluding hydrogens is 320 g/mol. The second-order valence-corrected chi connectivity index (χ2v) is 7.74. The van der Waals surface area contributed by atoms with Gasteiger partial charge in [-0.25, -0.2) is 0 Å². The maximum Gasteiger partial charge on any atom is 0.230 e. The Labute approximate surface area is 150 Å². The van der Waals surface area contributed by atoms with Crippen LogP contribution in [0.3, 0.4) is 0 Å². The number of likely N-dealkylation sites (tertiary alicyclic amines) is 1. The topological polar surface area (TPSA) is 32.3 Å². The van der Waals surface area contributed by atoms with E-state index in [4.69, 9.17) is 11.6 Å². The number of piperidine rings is 1. The van der Waals surface area contributed by atoms with Crippen LogP contribution >= 0.6 is 11.6 Å². The second kappa shape index (κ2) is 8.35. The number of hydrogen-bond donors (Lipinski definition) is 1. The average Bonchev–Trinajstić information content (AvgIpc) is 3.41. The molecule has 0 aromatic heterocycles. The van der Waals surface area contributed by atoms with Crippen LogP contribution < -0.4 is 5.32 Å². The van der Waals surface area contributed by atoms with Gasteiger partial charge in [0.25, 0.3) is 0 Å². The molecule has 0 atom stereocenters. The van der Waals surface area contributed by atoms with Crippen molar-refractivity contribution in [2.75, 3.05) is 26.2 Å². The number of carbonyl (C=O) groups excluding carboxylic acids is 1. The van der Waals surface area contributed by atoms with E-state index in [9.17, 15) is 4.79 Å². The highest BCUT2D eigenvalue weighted by Gasteiger charge is 2.50. The first-order chi connectivity index (χ1) is 11.7. The molecule has 1 aromatic rings. The summed E-state index contributed by atoms with van der Waals surface area (Å²) in [4.78, 5) is 15.1. The number of benzene rings is 1. The normalized spacial score (nSPS) is 19.9. The molecule has 3 nitrogen and oxygen atoms in total. The smallest absolute Gasteiger partial charge is 0.230 e. The summed E-state index contributed by atoms with van der Waals surface area (Å²) in [5, 5.41) is 3.88. The predicted molar refractivity (Wildman–Crippen MR) is 99.5 cm³/mol.